The number of hydrogen-bond acceptors (Lipinski definition) is 3. The second-order valence-corrected chi connectivity index (χ2v) is 4.98. The van der Waals surface area contributed by atoms with Crippen LogP contribution in [0.3, 0.4) is 0 Å². The van der Waals surface area contributed by atoms with Crippen molar-refractivity contribution in [1.29, 1.82) is 0 Å². The molecule has 92 valence electrons. The first-order valence-electron chi connectivity index (χ1n) is 5.95. The van der Waals surface area contributed by atoms with E-state index in [1.165, 1.54) is 19.4 Å². The summed E-state index contributed by atoms with van der Waals surface area (Å²) in [4.78, 5) is 2.48. The lowest BCUT2D eigenvalue weighted by Crippen LogP contribution is -2.35. The molecule has 2 nitrogen and oxygen atoms in total. The fourth-order valence-corrected chi connectivity index (χ4v) is 2.03. The minimum absolute atomic E-state index is 0.614. The summed E-state index contributed by atoms with van der Waals surface area (Å²) in [5, 5.41) is 0. The molecule has 0 saturated carbocycles. The van der Waals surface area contributed by atoms with Crippen LogP contribution in [0.25, 0.3) is 0 Å². The molecule has 0 fully saturated rings. The van der Waals surface area contributed by atoms with Gasteiger partial charge in [0.15, 0.2) is 0 Å². The van der Waals surface area contributed by atoms with Gasteiger partial charge in [0.25, 0.3) is 0 Å². The van der Waals surface area contributed by atoms with Gasteiger partial charge in [0, 0.05) is 19.7 Å². The molecule has 0 aromatic heterocycles. The smallest absolute Gasteiger partial charge is 0.0589 e. The third kappa shape index (κ3) is 8.12. The SMILES string of the molecule is COCCN(CCC(C)CCS)C(C)C. The van der Waals surface area contributed by atoms with Crippen molar-refractivity contribution in [2.45, 2.75) is 39.7 Å². The highest BCUT2D eigenvalue weighted by atomic mass is 32.1. The molecular weight excluding hydrogens is 206 g/mol. The summed E-state index contributed by atoms with van der Waals surface area (Å²) in [5.74, 6) is 1.78. The summed E-state index contributed by atoms with van der Waals surface area (Å²) in [6.07, 6.45) is 2.49. The summed E-state index contributed by atoms with van der Waals surface area (Å²) in [6.45, 7) is 9.86. The first-order chi connectivity index (χ1) is 7.11. The van der Waals surface area contributed by atoms with Gasteiger partial charge in [-0.25, -0.2) is 0 Å². The van der Waals surface area contributed by atoms with E-state index in [1.807, 2.05) is 0 Å². The molecule has 15 heavy (non-hydrogen) atoms. The highest BCUT2D eigenvalue weighted by Crippen LogP contribution is 2.10. The molecule has 0 aliphatic rings. The predicted molar refractivity (Wildman–Crippen MR) is 70.8 cm³/mol. The first kappa shape index (κ1) is 15.3. The van der Waals surface area contributed by atoms with Crippen LogP contribution in [0.1, 0.15) is 33.6 Å². The van der Waals surface area contributed by atoms with E-state index >= 15 is 0 Å². The van der Waals surface area contributed by atoms with Gasteiger partial charge in [-0.2, -0.15) is 12.6 Å². The first-order valence-corrected chi connectivity index (χ1v) is 6.58. The Morgan fingerprint density at radius 1 is 1.13 bits per heavy atom. The van der Waals surface area contributed by atoms with E-state index in [2.05, 4.69) is 38.3 Å². The lowest BCUT2D eigenvalue weighted by molar-refractivity contribution is 0.125. The van der Waals surface area contributed by atoms with Crippen molar-refractivity contribution in [3.05, 3.63) is 0 Å². The maximum absolute atomic E-state index is 5.12. The van der Waals surface area contributed by atoms with Crippen molar-refractivity contribution in [1.82, 2.24) is 4.90 Å². The zero-order valence-corrected chi connectivity index (χ0v) is 11.6. The minimum Gasteiger partial charge on any atom is -0.383 e. The van der Waals surface area contributed by atoms with Crippen LogP contribution in [0.2, 0.25) is 0 Å². The molecule has 0 amide bonds. The predicted octanol–water partition coefficient (Wildman–Crippen LogP) is 2.69. The quantitative estimate of drug-likeness (QED) is 0.615. The van der Waals surface area contributed by atoms with Crippen LogP contribution in [0.4, 0.5) is 0 Å². The number of methoxy groups -OCH3 is 1. The number of thiol groups is 1. The molecule has 0 heterocycles. The fraction of sp³-hybridized carbons (Fsp3) is 1.00. The molecule has 0 aliphatic carbocycles. The third-order valence-corrected chi connectivity index (χ3v) is 3.10. The van der Waals surface area contributed by atoms with Gasteiger partial charge < -0.3 is 4.74 Å². The standard InChI is InChI=1S/C12H27NOS/c1-11(2)13(8-9-14-4)7-5-12(3)6-10-15/h11-12,15H,5-10H2,1-4H3. The topological polar surface area (TPSA) is 12.5 Å². The Labute approximate surface area is 101 Å². The van der Waals surface area contributed by atoms with Gasteiger partial charge >= 0.3 is 0 Å². The lowest BCUT2D eigenvalue weighted by atomic mass is 10.0. The van der Waals surface area contributed by atoms with Crippen molar-refractivity contribution < 1.29 is 4.74 Å². The highest BCUT2D eigenvalue weighted by Gasteiger charge is 2.10. The van der Waals surface area contributed by atoms with Crippen LogP contribution in [0.15, 0.2) is 0 Å². The summed E-state index contributed by atoms with van der Waals surface area (Å²) in [7, 11) is 1.77. The zero-order chi connectivity index (χ0) is 11.7. The summed E-state index contributed by atoms with van der Waals surface area (Å²) in [6, 6.07) is 0.614. The van der Waals surface area contributed by atoms with E-state index in [1.54, 1.807) is 7.11 Å². The molecule has 0 radical (unpaired) electrons. The lowest BCUT2D eigenvalue weighted by Gasteiger charge is -2.27. The van der Waals surface area contributed by atoms with Crippen molar-refractivity contribution in [2.24, 2.45) is 5.92 Å². The van der Waals surface area contributed by atoms with Gasteiger partial charge in [-0.3, -0.25) is 4.90 Å². The van der Waals surface area contributed by atoms with Crippen LogP contribution >= 0.6 is 12.6 Å². The fourth-order valence-electron chi connectivity index (χ4n) is 1.59. The molecule has 0 aromatic rings. The maximum Gasteiger partial charge on any atom is 0.0589 e. The Kier molecular flexibility index (Phi) is 9.66. The van der Waals surface area contributed by atoms with E-state index in [9.17, 15) is 0 Å². The second kappa shape index (κ2) is 9.49. The van der Waals surface area contributed by atoms with Crippen LogP contribution in [-0.2, 0) is 4.74 Å². The van der Waals surface area contributed by atoms with E-state index in [0.717, 1.165) is 24.8 Å². The van der Waals surface area contributed by atoms with Crippen molar-refractivity contribution in [3.8, 4) is 0 Å². The molecule has 0 bridgehead atoms. The average molecular weight is 233 g/mol. The van der Waals surface area contributed by atoms with Crippen molar-refractivity contribution in [3.63, 3.8) is 0 Å². The van der Waals surface area contributed by atoms with Gasteiger partial charge in [-0.15, -0.1) is 0 Å². The Bertz CT molecular complexity index is 142. The Balaban J connectivity index is 3.74. The van der Waals surface area contributed by atoms with Crippen LogP contribution < -0.4 is 0 Å². The van der Waals surface area contributed by atoms with Crippen molar-refractivity contribution in [2.75, 3.05) is 32.6 Å². The molecular formula is C12H27NOS. The molecule has 0 aliphatic heterocycles. The molecule has 0 rings (SSSR count). The van der Waals surface area contributed by atoms with Gasteiger partial charge in [0.1, 0.15) is 0 Å². The van der Waals surface area contributed by atoms with Crippen LogP contribution in [-0.4, -0.2) is 43.5 Å². The molecule has 0 spiro atoms. The summed E-state index contributed by atoms with van der Waals surface area (Å²) < 4.78 is 5.12. The van der Waals surface area contributed by atoms with E-state index < -0.39 is 0 Å². The van der Waals surface area contributed by atoms with Gasteiger partial charge in [-0.1, -0.05) is 6.92 Å². The molecule has 1 atom stereocenters. The number of nitrogens with zero attached hydrogens (tertiary/aromatic N) is 1. The van der Waals surface area contributed by atoms with Crippen LogP contribution in [0.5, 0.6) is 0 Å². The van der Waals surface area contributed by atoms with Gasteiger partial charge in [-0.05, 0) is 44.9 Å². The van der Waals surface area contributed by atoms with Gasteiger partial charge in [0.2, 0.25) is 0 Å². The Morgan fingerprint density at radius 3 is 2.27 bits per heavy atom. The molecule has 0 saturated heterocycles. The monoisotopic (exact) mass is 233 g/mol. The highest BCUT2D eigenvalue weighted by molar-refractivity contribution is 7.80. The largest absolute Gasteiger partial charge is 0.383 e. The van der Waals surface area contributed by atoms with Crippen LogP contribution in [0, 0.1) is 5.92 Å². The average Bonchev–Trinajstić information content (AvgIpc) is 2.17. The van der Waals surface area contributed by atoms with E-state index in [4.69, 9.17) is 4.74 Å². The van der Waals surface area contributed by atoms with Gasteiger partial charge in [0.05, 0.1) is 6.61 Å². The molecule has 1 unspecified atom stereocenters. The molecule has 0 N–H and O–H groups in total. The maximum atomic E-state index is 5.12. The number of ether oxygens (including phenoxy) is 1. The Hall–Kier alpha value is 0.270. The van der Waals surface area contributed by atoms with E-state index in [0.29, 0.717) is 6.04 Å². The molecule has 3 heteroatoms. The zero-order valence-electron chi connectivity index (χ0n) is 10.7. The second-order valence-electron chi connectivity index (χ2n) is 4.53. The third-order valence-electron chi connectivity index (χ3n) is 2.84. The number of rotatable bonds is 9. The number of hydrogen-bond donors (Lipinski definition) is 1. The normalized spacial score (nSPS) is 13.8. The Morgan fingerprint density at radius 2 is 1.80 bits per heavy atom. The molecule has 0 aromatic carbocycles. The summed E-state index contributed by atoms with van der Waals surface area (Å²) in [5.41, 5.74) is 0. The van der Waals surface area contributed by atoms with Crippen molar-refractivity contribution >= 4 is 12.6 Å². The van der Waals surface area contributed by atoms with E-state index in [-0.39, 0.29) is 0 Å². The summed E-state index contributed by atoms with van der Waals surface area (Å²) >= 11 is 4.27. The minimum atomic E-state index is 0.614.